The van der Waals surface area contributed by atoms with Crippen molar-refractivity contribution in [2.75, 3.05) is 24.3 Å². The van der Waals surface area contributed by atoms with Crippen LogP contribution in [-0.2, 0) is 22.7 Å². The molecular formula is C30H37N3O3. The maximum atomic E-state index is 13.9. The van der Waals surface area contributed by atoms with Gasteiger partial charge in [0.15, 0.2) is 0 Å². The van der Waals surface area contributed by atoms with Crippen molar-refractivity contribution >= 4 is 23.2 Å². The lowest BCUT2D eigenvalue weighted by Gasteiger charge is -2.29. The Kier molecular flexibility index (Phi) is 8.47. The van der Waals surface area contributed by atoms with E-state index in [4.69, 9.17) is 4.42 Å². The van der Waals surface area contributed by atoms with Crippen LogP contribution in [0.25, 0.3) is 0 Å². The predicted molar refractivity (Wildman–Crippen MR) is 144 cm³/mol. The minimum atomic E-state index is -0.241. The molecule has 0 saturated heterocycles. The van der Waals surface area contributed by atoms with Gasteiger partial charge in [-0.25, -0.2) is 0 Å². The van der Waals surface area contributed by atoms with Crippen molar-refractivity contribution in [1.82, 2.24) is 4.90 Å². The van der Waals surface area contributed by atoms with Gasteiger partial charge in [-0.15, -0.1) is 0 Å². The number of rotatable bonds is 10. The van der Waals surface area contributed by atoms with Crippen molar-refractivity contribution < 1.29 is 14.0 Å². The number of hydrogen-bond acceptors (Lipinski definition) is 4. The highest BCUT2D eigenvalue weighted by molar-refractivity contribution is 5.93. The topological polar surface area (TPSA) is 65.8 Å². The van der Waals surface area contributed by atoms with E-state index in [1.54, 1.807) is 6.26 Å². The first-order valence-corrected chi connectivity index (χ1v) is 12.9. The summed E-state index contributed by atoms with van der Waals surface area (Å²) in [6, 6.07) is 19.7. The van der Waals surface area contributed by atoms with Gasteiger partial charge in [0.05, 0.1) is 18.7 Å². The lowest BCUT2D eigenvalue weighted by molar-refractivity contribution is -0.134. The summed E-state index contributed by atoms with van der Waals surface area (Å²) >= 11 is 0. The Morgan fingerprint density at radius 3 is 2.39 bits per heavy atom. The SMILES string of the molecule is CCC(C(=O)N(Cc1ccco1)Cc1cc(NC(=O)C2CCCC2)ccc1N(C)C)c1ccccc1. The quantitative estimate of drug-likeness (QED) is 0.370. The van der Waals surface area contributed by atoms with Crippen LogP contribution >= 0.6 is 0 Å². The Hall–Kier alpha value is -3.54. The van der Waals surface area contributed by atoms with Gasteiger partial charge in [0.1, 0.15) is 5.76 Å². The summed E-state index contributed by atoms with van der Waals surface area (Å²) in [5.41, 5.74) is 3.78. The van der Waals surface area contributed by atoms with Crippen molar-refractivity contribution in [3.05, 3.63) is 83.8 Å². The molecule has 2 amide bonds. The molecule has 0 aliphatic heterocycles. The molecule has 2 aromatic carbocycles. The van der Waals surface area contributed by atoms with Crippen LogP contribution in [0.5, 0.6) is 0 Å². The minimum absolute atomic E-state index is 0.0604. The molecule has 1 aromatic heterocycles. The van der Waals surface area contributed by atoms with Crippen LogP contribution in [0.4, 0.5) is 11.4 Å². The molecule has 6 heteroatoms. The second-order valence-corrected chi connectivity index (χ2v) is 9.85. The zero-order valence-electron chi connectivity index (χ0n) is 21.6. The third-order valence-corrected chi connectivity index (χ3v) is 7.06. The number of hydrogen-bond donors (Lipinski definition) is 1. The second kappa shape index (κ2) is 11.9. The molecule has 1 saturated carbocycles. The first-order valence-electron chi connectivity index (χ1n) is 12.9. The van der Waals surface area contributed by atoms with Gasteiger partial charge in [-0.2, -0.15) is 0 Å². The Balaban J connectivity index is 1.63. The van der Waals surface area contributed by atoms with Gasteiger partial charge in [0.25, 0.3) is 0 Å². The standard InChI is InChI=1S/C30H37N3O3/c1-4-27(22-11-6-5-7-12-22)30(35)33(21-26-15-10-18-36-26)20-24-19-25(16-17-28(24)32(2)3)31-29(34)23-13-8-9-14-23/h5-7,10-12,15-19,23,27H,4,8-9,13-14,20-21H2,1-3H3,(H,31,34). The fourth-order valence-electron chi connectivity index (χ4n) is 5.13. The zero-order chi connectivity index (χ0) is 25.5. The molecule has 1 fully saturated rings. The minimum Gasteiger partial charge on any atom is -0.467 e. The lowest BCUT2D eigenvalue weighted by Crippen LogP contribution is -2.34. The number of carbonyl (C=O) groups excluding carboxylic acids is 2. The average molecular weight is 488 g/mol. The average Bonchev–Trinajstić information content (AvgIpc) is 3.59. The molecule has 3 aromatic rings. The van der Waals surface area contributed by atoms with Crippen LogP contribution in [0, 0.1) is 5.92 Å². The lowest BCUT2D eigenvalue weighted by atomic mass is 9.94. The Labute approximate surface area is 214 Å². The maximum absolute atomic E-state index is 13.9. The van der Waals surface area contributed by atoms with Crippen LogP contribution in [-0.4, -0.2) is 30.8 Å². The molecule has 36 heavy (non-hydrogen) atoms. The molecule has 1 unspecified atom stereocenters. The summed E-state index contributed by atoms with van der Waals surface area (Å²) in [6.07, 6.45) is 6.49. The van der Waals surface area contributed by atoms with E-state index in [2.05, 4.69) is 5.32 Å². The van der Waals surface area contributed by atoms with Gasteiger partial charge >= 0.3 is 0 Å². The molecule has 1 aliphatic carbocycles. The van der Waals surface area contributed by atoms with Crippen LogP contribution in [0.1, 0.15) is 61.8 Å². The monoisotopic (exact) mass is 487 g/mol. The van der Waals surface area contributed by atoms with Crippen LogP contribution < -0.4 is 10.2 Å². The number of furan rings is 1. The molecule has 1 atom stereocenters. The van der Waals surface area contributed by atoms with Crippen molar-refractivity contribution in [3.8, 4) is 0 Å². The molecule has 6 nitrogen and oxygen atoms in total. The van der Waals surface area contributed by atoms with Gasteiger partial charge in [0.2, 0.25) is 11.8 Å². The number of nitrogens with zero attached hydrogens (tertiary/aromatic N) is 2. The molecule has 1 N–H and O–H groups in total. The highest BCUT2D eigenvalue weighted by atomic mass is 16.3. The Bertz CT molecular complexity index is 1140. The fourth-order valence-corrected chi connectivity index (χ4v) is 5.13. The summed E-state index contributed by atoms with van der Waals surface area (Å²) < 4.78 is 5.62. The molecule has 1 aliphatic rings. The molecule has 190 valence electrons. The molecule has 1 heterocycles. The Morgan fingerprint density at radius 2 is 1.75 bits per heavy atom. The highest BCUT2D eigenvalue weighted by Gasteiger charge is 2.27. The summed E-state index contributed by atoms with van der Waals surface area (Å²) in [6.45, 7) is 2.83. The summed E-state index contributed by atoms with van der Waals surface area (Å²) in [7, 11) is 3.99. The van der Waals surface area contributed by atoms with Crippen LogP contribution in [0.3, 0.4) is 0 Å². The smallest absolute Gasteiger partial charge is 0.230 e. The van der Waals surface area contributed by atoms with Crippen molar-refractivity contribution in [2.45, 2.75) is 58.0 Å². The van der Waals surface area contributed by atoms with Gasteiger partial charge in [-0.3, -0.25) is 9.59 Å². The number of anilines is 2. The zero-order valence-corrected chi connectivity index (χ0v) is 21.6. The van der Waals surface area contributed by atoms with Crippen molar-refractivity contribution in [3.63, 3.8) is 0 Å². The summed E-state index contributed by atoms with van der Waals surface area (Å²) in [5, 5.41) is 3.12. The first kappa shape index (κ1) is 25.5. The molecule has 0 radical (unpaired) electrons. The van der Waals surface area contributed by atoms with E-state index in [9.17, 15) is 9.59 Å². The summed E-state index contributed by atoms with van der Waals surface area (Å²) in [4.78, 5) is 30.6. The first-order chi connectivity index (χ1) is 17.5. The molecular weight excluding hydrogens is 450 g/mol. The fraction of sp³-hybridized carbons (Fsp3) is 0.400. The largest absolute Gasteiger partial charge is 0.467 e. The van der Waals surface area contributed by atoms with Crippen LogP contribution in [0.2, 0.25) is 0 Å². The number of carbonyl (C=O) groups is 2. The van der Waals surface area contributed by atoms with Gasteiger partial charge in [-0.1, -0.05) is 50.1 Å². The van der Waals surface area contributed by atoms with Gasteiger partial charge in [0, 0.05) is 37.9 Å². The van der Waals surface area contributed by atoms with Crippen molar-refractivity contribution in [2.24, 2.45) is 5.92 Å². The maximum Gasteiger partial charge on any atom is 0.230 e. The van der Waals surface area contributed by atoms with E-state index in [1.165, 1.54) is 0 Å². The number of nitrogens with one attached hydrogen (secondary N) is 1. The number of amides is 2. The van der Waals surface area contributed by atoms with E-state index >= 15 is 0 Å². The van der Waals surface area contributed by atoms with E-state index in [-0.39, 0.29) is 23.7 Å². The van der Waals surface area contributed by atoms with Gasteiger partial charge in [-0.05, 0) is 60.7 Å². The molecule has 0 spiro atoms. The third kappa shape index (κ3) is 6.17. The number of benzene rings is 2. The second-order valence-electron chi connectivity index (χ2n) is 9.85. The normalized spacial score (nSPS) is 14.4. The van der Waals surface area contributed by atoms with E-state index in [1.807, 2.05) is 91.5 Å². The Morgan fingerprint density at radius 1 is 1.00 bits per heavy atom. The highest BCUT2D eigenvalue weighted by Crippen LogP contribution is 2.30. The van der Waals surface area contributed by atoms with E-state index in [0.717, 1.165) is 53.9 Å². The van der Waals surface area contributed by atoms with E-state index in [0.29, 0.717) is 19.5 Å². The summed E-state index contributed by atoms with van der Waals surface area (Å²) in [5.74, 6) is 0.743. The predicted octanol–water partition coefficient (Wildman–Crippen LogP) is 6.20. The van der Waals surface area contributed by atoms with E-state index < -0.39 is 0 Å². The van der Waals surface area contributed by atoms with Crippen molar-refractivity contribution in [1.29, 1.82) is 0 Å². The van der Waals surface area contributed by atoms with Crippen LogP contribution in [0.15, 0.2) is 71.3 Å². The third-order valence-electron chi connectivity index (χ3n) is 7.06. The van der Waals surface area contributed by atoms with Gasteiger partial charge < -0.3 is 19.5 Å². The molecule has 4 rings (SSSR count). The molecule has 0 bridgehead atoms.